The number of aliphatic hydroxyl groups excluding tert-OH is 1. The molecule has 2 aromatic rings. The molecule has 1 aliphatic heterocycles. The Balaban J connectivity index is 2.03. The Labute approximate surface area is 111 Å². The molecule has 0 saturated heterocycles. The molecule has 94 valence electrons. The van der Waals surface area contributed by atoms with Crippen LogP contribution in [0.15, 0.2) is 29.6 Å². The molecule has 2 nitrogen and oxygen atoms in total. The highest BCUT2D eigenvalue weighted by Crippen LogP contribution is 2.38. The van der Waals surface area contributed by atoms with Crippen molar-refractivity contribution in [1.82, 2.24) is 0 Å². The summed E-state index contributed by atoms with van der Waals surface area (Å²) in [6.07, 6.45) is 1.33. The van der Waals surface area contributed by atoms with E-state index < -0.39 is 6.10 Å². The van der Waals surface area contributed by atoms with Crippen molar-refractivity contribution in [2.24, 2.45) is 0 Å². The van der Waals surface area contributed by atoms with Gasteiger partial charge in [0.15, 0.2) is 0 Å². The second kappa shape index (κ2) is 4.75. The van der Waals surface area contributed by atoms with Gasteiger partial charge < -0.3 is 9.84 Å². The summed E-state index contributed by atoms with van der Waals surface area (Å²) in [5.41, 5.74) is 3.34. The molecule has 0 radical (unpaired) electrons. The Kier molecular flexibility index (Phi) is 3.10. The number of hydrogen-bond donors (Lipinski definition) is 1. The summed E-state index contributed by atoms with van der Waals surface area (Å²) in [5.74, 6) is 0.889. The van der Waals surface area contributed by atoms with E-state index in [2.05, 4.69) is 19.1 Å². The number of aliphatic hydroxyl groups is 1. The highest BCUT2D eigenvalue weighted by molar-refractivity contribution is 7.10. The molecular formula is C15H16O2S. The largest absolute Gasteiger partial charge is 0.493 e. The molecule has 18 heavy (non-hydrogen) atoms. The van der Waals surface area contributed by atoms with Crippen LogP contribution in [0.5, 0.6) is 5.75 Å². The minimum absolute atomic E-state index is 0.562. The topological polar surface area (TPSA) is 29.5 Å². The van der Waals surface area contributed by atoms with Gasteiger partial charge in [-0.3, -0.25) is 0 Å². The SMILES string of the molecule is CCc1ccsc1C(O)c1cccc2c1OCC2. The first-order valence-electron chi connectivity index (χ1n) is 6.30. The summed E-state index contributed by atoms with van der Waals surface area (Å²) in [7, 11) is 0. The number of aryl methyl sites for hydroxylation is 1. The van der Waals surface area contributed by atoms with Gasteiger partial charge in [-0.15, -0.1) is 11.3 Å². The second-order valence-corrected chi connectivity index (χ2v) is 5.45. The molecule has 3 heteroatoms. The van der Waals surface area contributed by atoms with Crippen molar-refractivity contribution in [2.75, 3.05) is 6.61 Å². The summed E-state index contributed by atoms with van der Waals surface area (Å²) in [4.78, 5) is 1.04. The first-order valence-corrected chi connectivity index (χ1v) is 7.18. The van der Waals surface area contributed by atoms with Crippen LogP contribution < -0.4 is 4.74 Å². The fourth-order valence-corrected chi connectivity index (χ4v) is 3.48. The summed E-state index contributed by atoms with van der Waals surface area (Å²) in [6, 6.07) is 8.14. The third-order valence-electron chi connectivity index (χ3n) is 3.45. The van der Waals surface area contributed by atoms with E-state index in [9.17, 15) is 5.11 Å². The Morgan fingerprint density at radius 2 is 2.28 bits per heavy atom. The normalized spacial score (nSPS) is 15.2. The molecule has 1 aromatic heterocycles. The van der Waals surface area contributed by atoms with E-state index in [1.54, 1.807) is 11.3 Å². The van der Waals surface area contributed by atoms with Crippen molar-refractivity contribution in [2.45, 2.75) is 25.9 Å². The average molecular weight is 260 g/mol. The molecule has 0 amide bonds. The van der Waals surface area contributed by atoms with E-state index in [-0.39, 0.29) is 0 Å². The van der Waals surface area contributed by atoms with Crippen LogP contribution in [-0.2, 0) is 12.8 Å². The van der Waals surface area contributed by atoms with E-state index >= 15 is 0 Å². The van der Waals surface area contributed by atoms with Gasteiger partial charge in [0.1, 0.15) is 11.9 Å². The third-order valence-corrected chi connectivity index (χ3v) is 4.46. The van der Waals surface area contributed by atoms with E-state index in [4.69, 9.17) is 4.74 Å². The van der Waals surface area contributed by atoms with E-state index in [0.717, 1.165) is 35.6 Å². The Morgan fingerprint density at radius 1 is 1.39 bits per heavy atom. The van der Waals surface area contributed by atoms with Gasteiger partial charge in [-0.2, -0.15) is 0 Å². The zero-order chi connectivity index (χ0) is 12.5. The zero-order valence-electron chi connectivity index (χ0n) is 10.3. The average Bonchev–Trinajstić information content (AvgIpc) is 3.05. The van der Waals surface area contributed by atoms with Gasteiger partial charge in [-0.25, -0.2) is 0 Å². The molecule has 1 atom stereocenters. The maximum absolute atomic E-state index is 10.6. The molecule has 0 saturated carbocycles. The predicted octanol–water partition coefficient (Wildman–Crippen LogP) is 3.33. The molecule has 0 bridgehead atoms. The lowest BCUT2D eigenvalue weighted by atomic mass is 10.0. The van der Waals surface area contributed by atoms with Crippen LogP contribution in [0.4, 0.5) is 0 Å². The number of fused-ring (bicyclic) bond motifs is 1. The van der Waals surface area contributed by atoms with Gasteiger partial charge in [-0.1, -0.05) is 25.1 Å². The summed E-state index contributed by atoms with van der Waals surface area (Å²) in [5, 5.41) is 12.6. The molecule has 1 aliphatic rings. The van der Waals surface area contributed by atoms with Crippen LogP contribution in [0, 0.1) is 0 Å². The molecular weight excluding hydrogens is 244 g/mol. The third kappa shape index (κ3) is 1.84. The van der Waals surface area contributed by atoms with Crippen molar-refractivity contribution < 1.29 is 9.84 Å². The Morgan fingerprint density at radius 3 is 3.11 bits per heavy atom. The van der Waals surface area contributed by atoms with Gasteiger partial charge in [-0.05, 0) is 29.0 Å². The van der Waals surface area contributed by atoms with E-state index in [0.29, 0.717) is 0 Å². The number of para-hydroxylation sites is 1. The number of hydrogen-bond acceptors (Lipinski definition) is 3. The smallest absolute Gasteiger partial charge is 0.128 e. The number of benzene rings is 1. The minimum Gasteiger partial charge on any atom is -0.493 e. The zero-order valence-corrected chi connectivity index (χ0v) is 11.2. The van der Waals surface area contributed by atoms with E-state index in [1.165, 1.54) is 11.1 Å². The Bertz CT molecular complexity index is 559. The van der Waals surface area contributed by atoms with Crippen molar-refractivity contribution in [3.05, 3.63) is 51.2 Å². The fraction of sp³-hybridized carbons (Fsp3) is 0.333. The van der Waals surface area contributed by atoms with Crippen molar-refractivity contribution in [3.63, 3.8) is 0 Å². The molecule has 1 N–H and O–H groups in total. The van der Waals surface area contributed by atoms with Crippen LogP contribution in [0.1, 0.15) is 34.6 Å². The summed E-state index contributed by atoms with van der Waals surface area (Å²) in [6.45, 7) is 2.84. The van der Waals surface area contributed by atoms with Gasteiger partial charge >= 0.3 is 0 Å². The molecule has 0 aliphatic carbocycles. The first-order chi connectivity index (χ1) is 8.81. The number of thiophene rings is 1. The van der Waals surface area contributed by atoms with Crippen molar-refractivity contribution >= 4 is 11.3 Å². The van der Waals surface area contributed by atoms with Gasteiger partial charge in [0.2, 0.25) is 0 Å². The van der Waals surface area contributed by atoms with Crippen molar-refractivity contribution in [3.8, 4) is 5.75 Å². The molecule has 1 aromatic carbocycles. The van der Waals surface area contributed by atoms with Crippen molar-refractivity contribution in [1.29, 1.82) is 0 Å². The van der Waals surface area contributed by atoms with Gasteiger partial charge in [0.05, 0.1) is 6.61 Å². The van der Waals surface area contributed by atoms with Crippen LogP contribution in [0.3, 0.4) is 0 Å². The molecule has 1 unspecified atom stereocenters. The minimum atomic E-state index is -0.562. The van der Waals surface area contributed by atoms with Gasteiger partial charge in [0, 0.05) is 16.9 Å². The first kappa shape index (κ1) is 11.8. The standard InChI is InChI=1S/C15H16O2S/c1-2-10-7-9-18-15(10)13(16)12-5-3-4-11-6-8-17-14(11)12/h3-5,7,9,13,16H,2,6,8H2,1H3. The van der Waals surface area contributed by atoms with E-state index in [1.807, 2.05) is 17.5 Å². The lowest BCUT2D eigenvalue weighted by molar-refractivity contribution is 0.216. The second-order valence-electron chi connectivity index (χ2n) is 4.50. The Hall–Kier alpha value is -1.32. The fourth-order valence-electron chi connectivity index (χ4n) is 2.48. The van der Waals surface area contributed by atoms with Crippen LogP contribution in [-0.4, -0.2) is 11.7 Å². The van der Waals surface area contributed by atoms with Gasteiger partial charge in [0.25, 0.3) is 0 Å². The molecule has 2 heterocycles. The molecule has 0 fully saturated rings. The maximum Gasteiger partial charge on any atom is 0.128 e. The highest BCUT2D eigenvalue weighted by Gasteiger charge is 2.23. The maximum atomic E-state index is 10.6. The molecule has 0 spiro atoms. The quantitative estimate of drug-likeness (QED) is 0.917. The lowest BCUT2D eigenvalue weighted by Crippen LogP contribution is -2.02. The number of ether oxygens (including phenoxy) is 1. The van der Waals surface area contributed by atoms with Crippen LogP contribution in [0.2, 0.25) is 0 Å². The summed E-state index contributed by atoms with van der Waals surface area (Å²) < 4.78 is 5.67. The number of rotatable bonds is 3. The van der Waals surface area contributed by atoms with Crippen LogP contribution in [0.25, 0.3) is 0 Å². The predicted molar refractivity (Wildman–Crippen MR) is 73.4 cm³/mol. The lowest BCUT2D eigenvalue weighted by Gasteiger charge is -2.14. The monoisotopic (exact) mass is 260 g/mol. The highest BCUT2D eigenvalue weighted by atomic mass is 32.1. The summed E-state index contributed by atoms with van der Waals surface area (Å²) >= 11 is 1.62. The van der Waals surface area contributed by atoms with Crippen LogP contribution >= 0.6 is 11.3 Å². The molecule has 3 rings (SSSR count).